The van der Waals surface area contributed by atoms with E-state index in [9.17, 15) is 18.4 Å². The molecule has 5 rings (SSSR count). The average Bonchev–Trinajstić information content (AvgIpc) is 3.34. The molecule has 1 N–H and O–H groups in total. The molecule has 1 aromatic heterocycles. The van der Waals surface area contributed by atoms with Crippen LogP contribution in [0.15, 0.2) is 71.1 Å². The molecular formula is C28H25F2N3O3. The third kappa shape index (κ3) is 4.84. The van der Waals surface area contributed by atoms with E-state index in [2.05, 4.69) is 10.3 Å². The number of carbonyl (C=O) groups excluding carboxylic acids is 2. The van der Waals surface area contributed by atoms with E-state index in [1.54, 1.807) is 30.0 Å². The Morgan fingerprint density at radius 2 is 1.78 bits per heavy atom. The quantitative estimate of drug-likeness (QED) is 0.379. The van der Waals surface area contributed by atoms with Gasteiger partial charge >= 0.3 is 0 Å². The van der Waals surface area contributed by atoms with Crippen molar-refractivity contribution in [1.29, 1.82) is 0 Å². The molecule has 184 valence electrons. The number of rotatable bonds is 5. The number of amides is 2. The number of anilines is 1. The zero-order valence-electron chi connectivity index (χ0n) is 19.7. The summed E-state index contributed by atoms with van der Waals surface area (Å²) >= 11 is 0. The van der Waals surface area contributed by atoms with Crippen molar-refractivity contribution < 1.29 is 22.8 Å². The molecule has 0 radical (unpaired) electrons. The zero-order valence-corrected chi connectivity index (χ0v) is 19.7. The summed E-state index contributed by atoms with van der Waals surface area (Å²) < 4.78 is 33.1. The molecule has 1 saturated heterocycles. The van der Waals surface area contributed by atoms with Gasteiger partial charge in [-0.2, -0.15) is 0 Å². The summed E-state index contributed by atoms with van der Waals surface area (Å²) in [5.74, 6) is -1.65. The summed E-state index contributed by atoms with van der Waals surface area (Å²) in [5.41, 5.74) is 2.45. The molecule has 1 aliphatic rings. The highest BCUT2D eigenvalue weighted by Gasteiger charge is 2.30. The molecule has 3 aromatic carbocycles. The molecule has 1 aliphatic heterocycles. The van der Waals surface area contributed by atoms with E-state index in [4.69, 9.17) is 4.42 Å². The standard InChI is InChI=1S/C28H25F2N3O3/c1-17(26(34)31-23-16-21(29)8-9-22(23)30)18-11-13-33(14-12-18)28(35)20-7-10-25-24(15-20)32-27(36-25)19-5-3-2-4-6-19/h2-10,15-18H,11-14H2,1H3,(H,31,34)/t17-/m1/s1. The molecule has 8 heteroatoms. The maximum absolute atomic E-state index is 13.9. The highest BCUT2D eigenvalue weighted by Crippen LogP contribution is 2.29. The van der Waals surface area contributed by atoms with Gasteiger partial charge in [-0.1, -0.05) is 25.1 Å². The fourth-order valence-electron chi connectivity index (χ4n) is 4.60. The first-order valence-electron chi connectivity index (χ1n) is 11.9. The Kier molecular flexibility index (Phi) is 6.50. The van der Waals surface area contributed by atoms with Gasteiger partial charge < -0.3 is 14.6 Å². The average molecular weight is 490 g/mol. The molecule has 1 atom stereocenters. The van der Waals surface area contributed by atoms with Gasteiger partial charge in [0.15, 0.2) is 5.58 Å². The number of likely N-dealkylation sites (tertiary alicyclic amines) is 1. The lowest BCUT2D eigenvalue weighted by atomic mass is 9.84. The second-order valence-corrected chi connectivity index (χ2v) is 9.10. The first-order chi connectivity index (χ1) is 17.4. The van der Waals surface area contributed by atoms with Gasteiger partial charge in [-0.3, -0.25) is 9.59 Å². The van der Waals surface area contributed by atoms with E-state index in [0.717, 1.165) is 23.8 Å². The van der Waals surface area contributed by atoms with Crippen molar-refractivity contribution in [2.24, 2.45) is 11.8 Å². The largest absolute Gasteiger partial charge is 0.436 e. The first-order valence-corrected chi connectivity index (χ1v) is 11.9. The monoisotopic (exact) mass is 489 g/mol. The van der Waals surface area contributed by atoms with Gasteiger partial charge in [0.2, 0.25) is 11.8 Å². The van der Waals surface area contributed by atoms with Crippen molar-refractivity contribution in [3.05, 3.63) is 83.9 Å². The van der Waals surface area contributed by atoms with Crippen LogP contribution in [0, 0.1) is 23.5 Å². The van der Waals surface area contributed by atoms with Crippen LogP contribution in [0.5, 0.6) is 0 Å². The second-order valence-electron chi connectivity index (χ2n) is 9.10. The molecule has 0 bridgehead atoms. The molecular weight excluding hydrogens is 464 g/mol. The lowest BCUT2D eigenvalue weighted by Crippen LogP contribution is -2.41. The van der Waals surface area contributed by atoms with Gasteiger partial charge in [0, 0.05) is 36.2 Å². The number of carbonyl (C=O) groups is 2. The highest BCUT2D eigenvalue weighted by atomic mass is 19.1. The van der Waals surface area contributed by atoms with E-state index < -0.39 is 17.6 Å². The highest BCUT2D eigenvalue weighted by molar-refractivity contribution is 5.97. The van der Waals surface area contributed by atoms with Crippen LogP contribution in [0.25, 0.3) is 22.6 Å². The van der Waals surface area contributed by atoms with Gasteiger partial charge in [-0.25, -0.2) is 13.8 Å². The van der Waals surface area contributed by atoms with Crippen LogP contribution in [0.3, 0.4) is 0 Å². The van der Waals surface area contributed by atoms with Gasteiger partial charge in [-0.05, 0) is 61.2 Å². The number of oxazole rings is 1. The molecule has 0 saturated carbocycles. The fraction of sp³-hybridized carbons (Fsp3) is 0.250. The van der Waals surface area contributed by atoms with Crippen LogP contribution in [0.2, 0.25) is 0 Å². The van der Waals surface area contributed by atoms with Gasteiger partial charge in [-0.15, -0.1) is 0 Å². The SMILES string of the molecule is C[C@@H](C(=O)Nc1cc(F)ccc1F)C1CCN(C(=O)c2ccc3oc(-c4ccccc4)nc3c2)CC1. The summed E-state index contributed by atoms with van der Waals surface area (Å²) in [6.45, 7) is 2.78. The van der Waals surface area contributed by atoms with Crippen LogP contribution in [0.4, 0.5) is 14.5 Å². The first kappa shape index (κ1) is 23.7. The van der Waals surface area contributed by atoms with E-state index in [0.29, 0.717) is 48.5 Å². The summed E-state index contributed by atoms with van der Waals surface area (Å²) in [5, 5.41) is 2.49. The van der Waals surface area contributed by atoms with E-state index in [1.165, 1.54) is 0 Å². The zero-order chi connectivity index (χ0) is 25.2. The van der Waals surface area contributed by atoms with Crippen molar-refractivity contribution in [3.8, 4) is 11.5 Å². The summed E-state index contributed by atoms with van der Waals surface area (Å²) in [6.07, 6.45) is 1.27. The molecule has 1 fully saturated rings. The molecule has 0 aliphatic carbocycles. The van der Waals surface area contributed by atoms with E-state index >= 15 is 0 Å². The second kappa shape index (κ2) is 9.89. The smallest absolute Gasteiger partial charge is 0.253 e. The molecule has 0 spiro atoms. The minimum absolute atomic E-state index is 0.0251. The minimum atomic E-state index is -0.683. The maximum Gasteiger partial charge on any atom is 0.253 e. The van der Waals surface area contributed by atoms with Crippen LogP contribution in [-0.4, -0.2) is 34.8 Å². The number of nitrogens with one attached hydrogen (secondary N) is 1. The Hall–Kier alpha value is -4.07. The topological polar surface area (TPSA) is 75.4 Å². The Morgan fingerprint density at radius 1 is 1.03 bits per heavy atom. The van der Waals surface area contributed by atoms with Crippen LogP contribution < -0.4 is 5.32 Å². The van der Waals surface area contributed by atoms with Crippen LogP contribution >= 0.6 is 0 Å². The Bertz CT molecular complexity index is 1410. The van der Waals surface area contributed by atoms with Gasteiger partial charge in [0.05, 0.1) is 5.69 Å². The summed E-state index contributed by atoms with van der Waals surface area (Å²) in [7, 11) is 0. The van der Waals surface area contributed by atoms with Crippen molar-refractivity contribution in [2.75, 3.05) is 18.4 Å². The predicted molar refractivity (Wildman–Crippen MR) is 132 cm³/mol. The number of aromatic nitrogens is 1. The van der Waals surface area contributed by atoms with E-state index in [-0.39, 0.29) is 23.4 Å². The lowest BCUT2D eigenvalue weighted by molar-refractivity contribution is -0.121. The van der Waals surface area contributed by atoms with Crippen LogP contribution in [-0.2, 0) is 4.79 Å². The Morgan fingerprint density at radius 3 is 2.53 bits per heavy atom. The number of benzene rings is 3. The van der Waals surface area contributed by atoms with Crippen LogP contribution in [0.1, 0.15) is 30.1 Å². The van der Waals surface area contributed by atoms with Crippen molar-refractivity contribution in [2.45, 2.75) is 19.8 Å². The number of nitrogens with zero attached hydrogens (tertiary/aromatic N) is 2. The fourth-order valence-corrected chi connectivity index (χ4v) is 4.60. The Balaban J connectivity index is 1.21. The number of fused-ring (bicyclic) bond motifs is 1. The van der Waals surface area contributed by atoms with Crippen molar-refractivity contribution in [1.82, 2.24) is 9.88 Å². The minimum Gasteiger partial charge on any atom is -0.436 e. The maximum atomic E-state index is 13.9. The van der Waals surface area contributed by atoms with E-state index in [1.807, 2.05) is 30.3 Å². The number of hydrogen-bond acceptors (Lipinski definition) is 4. The third-order valence-electron chi connectivity index (χ3n) is 6.79. The summed E-state index contributed by atoms with van der Waals surface area (Å²) in [6, 6.07) is 17.8. The summed E-state index contributed by atoms with van der Waals surface area (Å²) in [4.78, 5) is 32.1. The number of halogens is 2. The normalized spacial score (nSPS) is 15.1. The number of hydrogen-bond donors (Lipinski definition) is 1. The lowest BCUT2D eigenvalue weighted by Gasteiger charge is -2.34. The molecule has 4 aromatic rings. The Labute approximate surface area is 206 Å². The molecule has 2 heterocycles. The molecule has 6 nitrogen and oxygen atoms in total. The van der Waals surface area contributed by atoms with Gasteiger partial charge in [0.25, 0.3) is 5.91 Å². The predicted octanol–water partition coefficient (Wildman–Crippen LogP) is 5.90. The number of piperidine rings is 1. The van der Waals surface area contributed by atoms with Crippen molar-refractivity contribution in [3.63, 3.8) is 0 Å². The molecule has 0 unspecified atom stereocenters. The third-order valence-corrected chi connectivity index (χ3v) is 6.79. The van der Waals surface area contributed by atoms with Crippen molar-refractivity contribution >= 4 is 28.6 Å². The molecule has 2 amide bonds. The van der Waals surface area contributed by atoms with Gasteiger partial charge in [0.1, 0.15) is 17.2 Å². The molecule has 36 heavy (non-hydrogen) atoms.